The van der Waals surface area contributed by atoms with Gasteiger partial charge >= 0.3 is 0 Å². The van der Waals surface area contributed by atoms with Crippen LogP contribution in [0.15, 0.2) is 131 Å². The minimum atomic E-state index is -0.0357. The Labute approximate surface area is 220 Å². The molecular weight excluding hydrogens is 470 g/mol. The molecule has 2 aliphatic rings. The van der Waals surface area contributed by atoms with Crippen LogP contribution in [0.4, 0.5) is 5.69 Å². The Morgan fingerprint density at radius 2 is 1.41 bits per heavy atom. The van der Waals surface area contributed by atoms with E-state index in [2.05, 4.69) is 102 Å². The number of hydrogen-bond acceptors (Lipinski definition) is 4. The molecule has 0 amide bonds. The van der Waals surface area contributed by atoms with Crippen molar-refractivity contribution in [2.45, 2.75) is 10.9 Å². The molecule has 174 valence electrons. The Morgan fingerprint density at radius 1 is 0.703 bits per heavy atom. The molecule has 2 aliphatic heterocycles. The van der Waals surface area contributed by atoms with Gasteiger partial charge in [-0.2, -0.15) is 5.26 Å². The minimum Gasteiger partial charge on any atom is -0.288 e. The molecule has 5 aromatic carbocycles. The van der Waals surface area contributed by atoms with Gasteiger partial charge < -0.3 is 0 Å². The molecule has 0 spiro atoms. The second-order valence-electron chi connectivity index (χ2n) is 9.12. The normalized spacial score (nSPS) is 16.0. The van der Waals surface area contributed by atoms with Crippen LogP contribution in [0.3, 0.4) is 0 Å². The number of hydrogen-bond donors (Lipinski definition) is 0. The van der Waals surface area contributed by atoms with Gasteiger partial charge in [-0.15, -0.1) is 0 Å². The highest BCUT2D eigenvalue weighted by Gasteiger charge is 2.34. The van der Waals surface area contributed by atoms with Crippen LogP contribution in [0.25, 0.3) is 27.6 Å². The smallest absolute Gasteiger partial charge is 0.174 e. The van der Waals surface area contributed by atoms with Crippen LogP contribution in [0.2, 0.25) is 0 Å². The van der Waals surface area contributed by atoms with Gasteiger partial charge in [-0.25, -0.2) is 4.99 Å². The highest BCUT2D eigenvalue weighted by atomic mass is 32.2. The van der Waals surface area contributed by atoms with E-state index in [1.54, 1.807) is 11.8 Å². The molecule has 2 heterocycles. The van der Waals surface area contributed by atoms with Crippen LogP contribution in [0.5, 0.6) is 0 Å². The standard InChI is InChI=1S/C33H21N3S/c34-21-25-18-19-27(28-11-5-4-10-26(25)28)22-14-16-24(17-15-22)31-20-29(23-8-2-1-3-9-23)35-33-36(31)30-12-6-7-13-32(30)37-33/h1-20,29H. The lowest BCUT2D eigenvalue weighted by Crippen LogP contribution is -2.27. The molecule has 0 aliphatic carbocycles. The van der Waals surface area contributed by atoms with Gasteiger partial charge in [0.1, 0.15) is 0 Å². The van der Waals surface area contributed by atoms with E-state index in [9.17, 15) is 5.26 Å². The monoisotopic (exact) mass is 491 g/mol. The number of amidine groups is 1. The van der Waals surface area contributed by atoms with Crippen molar-refractivity contribution in [1.82, 2.24) is 0 Å². The third-order valence-electron chi connectivity index (χ3n) is 6.98. The zero-order valence-corrected chi connectivity index (χ0v) is 20.7. The zero-order chi connectivity index (χ0) is 24.8. The molecule has 37 heavy (non-hydrogen) atoms. The molecule has 0 N–H and O–H groups in total. The lowest BCUT2D eigenvalue weighted by Gasteiger charge is -2.29. The maximum Gasteiger partial charge on any atom is 0.174 e. The Kier molecular flexibility index (Phi) is 5.16. The Morgan fingerprint density at radius 3 is 2.22 bits per heavy atom. The molecule has 0 fully saturated rings. The zero-order valence-electron chi connectivity index (χ0n) is 19.9. The fraction of sp³-hybridized carbons (Fsp3) is 0.0303. The van der Waals surface area contributed by atoms with Crippen LogP contribution < -0.4 is 4.90 Å². The molecule has 7 rings (SSSR count). The van der Waals surface area contributed by atoms with E-state index in [1.165, 1.54) is 16.1 Å². The minimum absolute atomic E-state index is 0.0357. The number of thioether (sulfide) groups is 1. The van der Waals surface area contributed by atoms with Gasteiger partial charge in [0.05, 0.1) is 29.1 Å². The number of rotatable bonds is 3. The van der Waals surface area contributed by atoms with Gasteiger partial charge in [0.25, 0.3) is 0 Å². The topological polar surface area (TPSA) is 39.4 Å². The Balaban J connectivity index is 1.33. The SMILES string of the molecule is N#Cc1ccc(-c2ccc(C3=CC(c4ccccc4)N=C4Sc5ccccc5N34)cc2)c2ccccc12. The molecule has 0 radical (unpaired) electrons. The van der Waals surface area contributed by atoms with E-state index in [1.807, 2.05) is 30.3 Å². The molecule has 5 aromatic rings. The first-order valence-electron chi connectivity index (χ1n) is 12.2. The summed E-state index contributed by atoms with van der Waals surface area (Å²) in [6.07, 6.45) is 2.27. The predicted molar refractivity (Wildman–Crippen MR) is 153 cm³/mol. The fourth-order valence-corrected chi connectivity index (χ4v) is 6.25. The van der Waals surface area contributed by atoms with Gasteiger partial charge in [-0.3, -0.25) is 4.90 Å². The summed E-state index contributed by atoms with van der Waals surface area (Å²) in [5, 5.41) is 12.6. The van der Waals surface area contributed by atoms with Gasteiger partial charge in [-0.1, -0.05) is 97.1 Å². The van der Waals surface area contributed by atoms with Crippen LogP contribution in [0.1, 0.15) is 22.7 Å². The van der Waals surface area contributed by atoms with Crippen molar-refractivity contribution in [2.24, 2.45) is 4.99 Å². The average Bonchev–Trinajstić information content (AvgIpc) is 3.35. The van der Waals surface area contributed by atoms with Crippen molar-refractivity contribution in [2.75, 3.05) is 4.90 Å². The van der Waals surface area contributed by atoms with E-state index >= 15 is 0 Å². The second-order valence-corrected chi connectivity index (χ2v) is 10.1. The molecule has 0 saturated heterocycles. The van der Waals surface area contributed by atoms with Crippen LogP contribution in [-0.4, -0.2) is 5.17 Å². The number of aliphatic imine (C=N–C) groups is 1. The number of fused-ring (bicyclic) bond motifs is 4. The first-order valence-corrected chi connectivity index (χ1v) is 13.1. The van der Waals surface area contributed by atoms with Crippen molar-refractivity contribution >= 4 is 39.1 Å². The summed E-state index contributed by atoms with van der Waals surface area (Å²) < 4.78 is 0. The predicted octanol–water partition coefficient (Wildman–Crippen LogP) is 8.44. The summed E-state index contributed by atoms with van der Waals surface area (Å²) in [7, 11) is 0. The van der Waals surface area contributed by atoms with E-state index in [0.29, 0.717) is 5.56 Å². The molecule has 0 saturated carbocycles. The third kappa shape index (κ3) is 3.64. The fourth-order valence-electron chi connectivity index (χ4n) is 5.19. The maximum absolute atomic E-state index is 9.55. The number of nitriles is 1. The van der Waals surface area contributed by atoms with Crippen LogP contribution in [0, 0.1) is 11.3 Å². The first-order chi connectivity index (χ1) is 18.3. The second kappa shape index (κ2) is 8.81. The average molecular weight is 492 g/mol. The van der Waals surface area contributed by atoms with Crippen molar-refractivity contribution in [3.8, 4) is 17.2 Å². The van der Waals surface area contributed by atoms with Crippen molar-refractivity contribution in [1.29, 1.82) is 5.26 Å². The summed E-state index contributed by atoms with van der Waals surface area (Å²) in [6, 6.07) is 42.1. The molecule has 4 heteroatoms. The van der Waals surface area contributed by atoms with Crippen molar-refractivity contribution in [3.05, 3.63) is 138 Å². The summed E-state index contributed by atoms with van der Waals surface area (Å²) >= 11 is 1.73. The molecule has 1 atom stereocenters. The van der Waals surface area contributed by atoms with Gasteiger partial charge in [0, 0.05) is 10.3 Å². The van der Waals surface area contributed by atoms with Crippen molar-refractivity contribution in [3.63, 3.8) is 0 Å². The summed E-state index contributed by atoms with van der Waals surface area (Å²) in [5.41, 5.74) is 7.61. The van der Waals surface area contributed by atoms with E-state index in [0.717, 1.165) is 38.3 Å². The number of para-hydroxylation sites is 1. The molecule has 3 nitrogen and oxygen atoms in total. The number of anilines is 1. The van der Waals surface area contributed by atoms with E-state index in [-0.39, 0.29) is 6.04 Å². The summed E-state index contributed by atoms with van der Waals surface area (Å²) in [5.74, 6) is 0. The van der Waals surface area contributed by atoms with E-state index in [4.69, 9.17) is 4.99 Å². The van der Waals surface area contributed by atoms with Crippen molar-refractivity contribution < 1.29 is 0 Å². The van der Waals surface area contributed by atoms with Gasteiger partial charge in [-0.05, 0) is 63.7 Å². The Bertz CT molecular complexity index is 1760. The number of nitrogens with zero attached hydrogens (tertiary/aromatic N) is 3. The van der Waals surface area contributed by atoms with Gasteiger partial charge in [0.15, 0.2) is 5.17 Å². The highest BCUT2D eigenvalue weighted by molar-refractivity contribution is 8.14. The maximum atomic E-state index is 9.55. The molecular formula is C33H21N3S. The van der Waals surface area contributed by atoms with E-state index < -0.39 is 0 Å². The molecule has 0 bridgehead atoms. The lowest BCUT2D eigenvalue weighted by molar-refractivity contribution is 0.899. The largest absolute Gasteiger partial charge is 0.288 e. The summed E-state index contributed by atoms with van der Waals surface area (Å²) in [6.45, 7) is 0. The first kappa shape index (κ1) is 21.7. The van der Waals surface area contributed by atoms with Crippen LogP contribution >= 0.6 is 11.8 Å². The van der Waals surface area contributed by atoms with Crippen LogP contribution in [-0.2, 0) is 0 Å². The van der Waals surface area contributed by atoms with Gasteiger partial charge in [0.2, 0.25) is 0 Å². The lowest BCUT2D eigenvalue weighted by atomic mass is 9.94. The highest BCUT2D eigenvalue weighted by Crippen LogP contribution is 2.48. The Hall–Kier alpha value is -4.59. The summed E-state index contributed by atoms with van der Waals surface area (Å²) in [4.78, 5) is 8.63. The molecule has 1 unspecified atom stereocenters. The molecule has 0 aromatic heterocycles. The quantitative estimate of drug-likeness (QED) is 0.254. The number of benzene rings is 5. The third-order valence-corrected chi connectivity index (χ3v) is 8.02.